The third-order valence-electron chi connectivity index (χ3n) is 2.19. The van der Waals surface area contributed by atoms with Gasteiger partial charge in [0.1, 0.15) is 0 Å². The average molecular weight is 214 g/mol. The standard InChI is InChI=1S/C11H12F2O2/c1-7-2-4-8(5-3-7)9(11(14)15)6-10(12)13/h2-5,9-10H,6H2,1H3,(H,14,15). The molecule has 1 N–H and O–H groups in total. The summed E-state index contributed by atoms with van der Waals surface area (Å²) in [5.41, 5.74) is 1.40. The molecular weight excluding hydrogens is 202 g/mol. The molecule has 0 bridgehead atoms. The molecule has 0 amide bonds. The number of hydrogen-bond donors (Lipinski definition) is 1. The number of aryl methyl sites for hydroxylation is 1. The van der Waals surface area contributed by atoms with Gasteiger partial charge in [-0.2, -0.15) is 0 Å². The van der Waals surface area contributed by atoms with Crippen LogP contribution in [0.1, 0.15) is 23.5 Å². The van der Waals surface area contributed by atoms with E-state index in [0.29, 0.717) is 5.56 Å². The minimum Gasteiger partial charge on any atom is -0.481 e. The van der Waals surface area contributed by atoms with Gasteiger partial charge in [-0.25, -0.2) is 8.78 Å². The van der Waals surface area contributed by atoms with Gasteiger partial charge in [0.25, 0.3) is 0 Å². The van der Waals surface area contributed by atoms with Gasteiger partial charge in [0.15, 0.2) is 0 Å². The third-order valence-corrected chi connectivity index (χ3v) is 2.19. The van der Waals surface area contributed by atoms with Gasteiger partial charge >= 0.3 is 5.97 Å². The highest BCUT2D eigenvalue weighted by molar-refractivity contribution is 5.76. The molecule has 2 nitrogen and oxygen atoms in total. The lowest BCUT2D eigenvalue weighted by atomic mass is 9.95. The average Bonchev–Trinajstić information content (AvgIpc) is 2.15. The van der Waals surface area contributed by atoms with Gasteiger partial charge in [0.05, 0.1) is 5.92 Å². The highest BCUT2D eigenvalue weighted by Gasteiger charge is 2.23. The van der Waals surface area contributed by atoms with E-state index in [1.807, 2.05) is 6.92 Å². The van der Waals surface area contributed by atoms with Gasteiger partial charge in [-0.3, -0.25) is 4.79 Å². The minimum absolute atomic E-state index is 0.424. The molecule has 0 radical (unpaired) electrons. The van der Waals surface area contributed by atoms with Crippen LogP contribution in [0.15, 0.2) is 24.3 Å². The van der Waals surface area contributed by atoms with E-state index in [4.69, 9.17) is 5.11 Å². The molecule has 15 heavy (non-hydrogen) atoms. The Kier molecular flexibility index (Phi) is 3.77. The Labute approximate surface area is 86.5 Å². The van der Waals surface area contributed by atoms with E-state index in [1.54, 1.807) is 24.3 Å². The molecule has 0 saturated heterocycles. The zero-order chi connectivity index (χ0) is 11.4. The van der Waals surface area contributed by atoms with Crippen LogP contribution in [0, 0.1) is 6.92 Å². The van der Waals surface area contributed by atoms with Crippen molar-refractivity contribution < 1.29 is 18.7 Å². The molecular formula is C11H12F2O2. The maximum atomic E-state index is 12.1. The number of carboxylic acid groups (broad SMARTS) is 1. The van der Waals surface area contributed by atoms with E-state index in [1.165, 1.54) is 0 Å². The summed E-state index contributed by atoms with van der Waals surface area (Å²) >= 11 is 0. The van der Waals surface area contributed by atoms with E-state index in [-0.39, 0.29) is 0 Å². The molecule has 1 rings (SSSR count). The van der Waals surface area contributed by atoms with Crippen molar-refractivity contribution in [2.75, 3.05) is 0 Å². The molecule has 0 heterocycles. The Morgan fingerprint density at radius 1 is 1.33 bits per heavy atom. The van der Waals surface area contributed by atoms with E-state index >= 15 is 0 Å². The van der Waals surface area contributed by atoms with Crippen molar-refractivity contribution in [3.05, 3.63) is 35.4 Å². The van der Waals surface area contributed by atoms with Gasteiger partial charge in [0, 0.05) is 6.42 Å². The van der Waals surface area contributed by atoms with Crippen molar-refractivity contribution in [2.24, 2.45) is 0 Å². The van der Waals surface area contributed by atoms with Gasteiger partial charge in [-0.05, 0) is 12.5 Å². The molecule has 1 aromatic rings. The van der Waals surface area contributed by atoms with Crippen LogP contribution in [-0.4, -0.2) is 17.5 Å². The molecule has 1 aromatic carbocycles. The summed E-state index contributed by atoms with van der Waals surface area (Å²) in [5, 5.41) is 8.81. The second-order valence-electron chi connectivity index (χ2n) is 3.43. The maximum absolute atomic E-state index is 12.1. The van der Waals surface area contributed by atoms with Crippen molar-refractivity contribution in [1.29, 1.82) is 0 Å². The van der Waals surface area contributed by atoms with E-state index < -0.39 is 24.7 Å². The lowest BCUT2D eigenvalue weighted by Crippen LogP contribution is -2.14. The number of halogens is 2. The van der Waals surface area contributed by atoms with Crippen molar-refractivity contribution in [1.82, 2.24) is 0 Å². The first-order valence-corrected chi connectivity index (χ1v) is 4.58. The minimum atomic E-state index is -2.60. The molecule has 0 aliphatic carbocycles. The molecule has 1 atom stereocenters. The Balaban J connectivity index is 2.89. The summed E-state index contributed by atoms with van der Waals surface area (Å²) in [5.74, 6) is -2.33. The predicted octanol–water partition coefficient (Wildman–Crippen LogP) is 2.82. The molecule has 0 spiro atoms. The third kappa shape index (κ3) is 3.31. The SMILES string of the molecule is Cc1ccc(C(CC(F)F)C(=O)O)cc1. The quantitative estimate of drug-likeness (QED) is 0.836. The lowest BCUT2D eigenvalue weighted by molar-refractivity contribution is -0.139. The Morgan fingerprint density at radius 2 is 1.87 bits per heavy atom. The van der Waals surface area contributed by atoms with Gasteiger partial charge in [0.2, 0.25) is 6.43 Å². The second-order valence-corrected chi connectivity index (χ2v) is 3.43. The smallest absolute Gasteiger partial charge is 0.311 e. The van der Waals surface area contributed by atoms with Crippen LogP contribution >= 0.6 is 0 Å². The van der Waals surface area contributed by atoms with Crippen molar-refractivity contribution >= 4 is 5.97 Å². The summed E-state index contributed by atoms with van der Waals surface area (Å²) in [6, 6.07) is 6.60. The van der Waals surface area contributed by atoms with Crippen molar-refractivity contribution in [2.45, 2.75) is 25.7 Å². The van der Waals surface area contributed by atoms with Crippen LogP contribution in [0.3, 0.4) is 0 Å². The van der Waals surface area contributed by atoms with Crippen LogP contribution in [0.2, 0.25) is 0 Å². The number of carboxylic acids is 1. The summed E-state index contributed by atoms with van der Waals surface area (Å²) in [6.45, 7) is 1.85. The highest BCUT2D eigenvalue weighted by atomic mass is 19.3. The lowest BCUT2D eigenvalue weighted by Gasteiger charge is -2.12. The van der Waals surface area contributed by atoms with Crippen LogP contribution < -0.4 is 0 Å². The van der Waals surface area contributed by atoms with Crippen LogP contribution in [0.25, 0.3) is 0 Å². The number of rotatable bonds is 4. The maximum Gasteiger partial charge on any atom is 0.311 e. The number of alkyl halides is 2. The van der Waals surface area contributed by atoms with Crippen molar-refractivity contribution in [3.63, 3.8) is 0 Å². The van der Waals surface area contributed by atoms with Gasteiger partial charge in [-0.1, -0.05) is 29.8 Å². The summed E-state index contributed by atoms with van der Waals surface area (Å²) < 4.78 is 24.3. The van der Waals surface area contributed by atoms with Crippen LogP contribution in [0.5, 0.6) is 0 Å². The fourth-order valence-electron chi connectivity index (χ4n) is 1.36. The van der Waals surface area contributed by atoms with Gasteiger partial charge < -0.3 is 5.11 Å². The number of benzene rings is 1. The summed E-state index contributed by atoms with van der Waals surface area (Å²) in [4.78, 5) is 10.8. The topological polar surface area (TPSA) is 37.3 Å². The van der Waals surface area contributed by atoms with E-state index in [2.05, 4.69) is 0 Å². The molecule has 0 aromatic heterocycles. The zero-order valence-corrected chi connectivity index (χ0v) is 8.28. The van der Waals surface area contributed by atoms with Crippen molar-refractivity contribution in [3.8, 4) is 0 Å². The summed E-state index contributed by atoms with van der Waals surface area (Å²) in [7, 11) is 0. The predicted molar refractivity (Wildman–Crippen MR) is 52.2 cm³/mol. The zero-order valence-electron chi connectivity index (χ0n) is 8.28. The first-order chi connectivity index (χ1) is 7.00. The normalized spacial score (nSPS) is 12.8. The Bertz CT molecular complexity index is 333. The molecule has 1 unspecified atom stereocenters. The largest absolute Gasteiger partial charge is 0.481 e. The molecule has 0 saturated carbocycles. The monoisotopic (exact) mass is 214 g/mol. The number of carbonyl (C=O) groups is 1. The molecule has 4 heteroatoms. The van der Waals surface area contributed by atoms with Crippen LogP contribution in [-0.2, 0) is 4.79 Å². The van der Waals surface area contributed by atoms with Gasteiger partial charge in [-0.15, -0.1) is 0 Å². The van der Waals surface area contributed by atoms with E-state index in [9.17, 15) is 13.6 Å². The molecule has 0 fully saturated rings. The Hall–Kier alpha value is -1.45. The van der Waals surface area contributed by atoms with E-state index in [0.717, 1.165) is 5.56 Å². The molecule has 0 aliphatic rings. The molecule has 0 aliphatic heterocycles. The molecule has 82 valence electrons. The first kappa shape index (κ1) is 11.6. The fraction of sp³-hybridized carbons (Fsp3) is 0.364. The second kappa shape index (κ2) is 4.87. The Morgan fingerprint density at radius 3 is 2.27 bits per heavy atom. The first-order valence-electron chi connectivity index (χ1n) is 4.58. The highest BCUT2D eigenvalue weighted by Crippen LogP contribution is 2.23. The fourth-order valence-corrected chi connectivity index (χ4v) is 1.36. The number of hydrogen-bond acceptors (Lipinski definition) is 1. The summed E-state index contributed by atoms with van der Waals surface area (Å²) in [6.07, 6.45) is -3.24. The number of aliphatic carboxylic acids is 1. The van der Waals surface area contributed by atoms with Crippen LogP contribution in [0.4, 0.5) is 8.78 Å².